The fraction of sp³-hybridized carbons (Fsp3) is 0.333. The Morgan fingerprint density at radius 3 is 2.57 bits per heavy atom. The zero-order valence-corrected chi connectivity index (χ0v) is 12.3. The van der Waals surface area contributed by atoms with Gasteiger partial charge in [-0.25, -0.2) is 0 Å². The first-order valence-electron chi connectivity index (χ1n) is 7.52. The molecule has 2 aromatic carbocycles. The van der Waals surface area contributed by atoms with E-state index in [9.17, 15) is 0 Å². The van der Waals surface area contributed by atoms with Crippen molar-refractivity contribution in [1.82, 2.24) is 0 Å². The molecule has 0 atom stereocenters. The van der Waals surface area contributed by atoms with Crippen molar-refractivity contribution >= 4 is 5.69 Å². The number of anilines is 1. The van der Waals surface area contributed by atoms with Crippen molar-refractivity contribution in [3.63, 3.8) is 0 Å². The van der Waals surface area contributed by atoms with Crippen LogP contribution in [0.1, 0.15) is 23.1 Å². The second-order valence-electron chi connectivity index (χ2n) is 5.83. The highest BCUT2D eigenvalue weighted by Crippen LogP contribution is 2.36. The molecular weight excluding hydrogens is 262 g/mol. The number of nitrogens with zero attached hydrogens (tertiary/aromatic N) is 1. The van der Waals surface area contributed by atoms with Crippen LogP contribution in [0.5, 0.6) is 11.5 Å². The summed E-state index contributed by atoms with van der Waals surface area (Å²) < 4.78 is 11.7. The fourth-order valence-corrected chi connectivity index (χ4v) is 3.00. The molecule has 0 spiro atoms. The zero-order chi connectivity index (χ0) is 14.2. The van der Waals surface area contributed by atoms with E-state index in [0.29, 0.717) is 6.73 Å². The Hall–Kier alpha value is -2.16. The molecule has 0 unspecified atom stereocenters. The molecule has 3 heteroatoms. The third-order valence-electron chi connectivity index (χ3n) is 4.23. The molecule has 0 aliphatic carbocycles. The van der Waals surface area contributed by atoms with Crippen LogP contribution >= 0.6 is 0 Å². The SMILES string of the molecule is Cc1ccc(N2COc3cc4c(cc3C2)OCCC4)cc1. The van der Waals surface area contributed by atoms with E-state index >= 15 is 0 Å². The van der Waals surface area contributed by atoms with Crippen molar-refractivity contribution in [3.8, 4) is 11.5 Å². The van der Waals surface area contributed by atoms with Crippen molar-refractivity contribution in [1.29, 1.82) is 0 Å². The van der Waals surface area contributed by atoms with Crippen molar-refractivity contribution in [2.24, 2.45) is 0 Å². The molecule has 2 aliphatic heterocycles. The summed E-state index contributed by atoms with van der Waals surface area (Å²) in [6, 6.07) is 12.9. The molecular formula is C18H19NO2. The molecule has 0 saturated carbocycles. The van der Waals surface area contributed by atoms with E-state index in [1.807, 2.05) is 0 Å². The molecule has 0 N–H and O–H groups in total. The number of rotatable bonds is 1. The van der Waals surface area contributed by atoms with Crippen LogP contribution in [0.4, 0.5) is 5.69 Å². The Morgan fingerprint density at radius 1 is 0.952 bits per heavy atom. The average Bonchev–Trinajstić information content (AvgIpc) is 2.53. The summed E-state index contributed by atoms with van der Waals surface area (Å²) in [7, 11) is 0. The predicted octanol–water partition coefficient (Wildman–Crippen LogP) is 3.68. The van der Waals surface area contributed by atoms with Gasteiger partial charge in [0.2, 0.25) is 0 Å². The lowest BCUT2D eigenvalue weighted by molar-refractivity contribution is 0.273. The van der Waals surface area contributed by atoms with Gasteiger partial charge in [-0.2, -0.15) is 0 Å². The molecule has 2 heterocycles. The van der Waals surface area contributed by atoms with Crippen molar-refractivity contribution in [2.75, 3.05) is 18.2 Å². The molecule has 4 rings (SSSR count). The Kier molecular flexibility index (Phi) is 2.99. The van der Waals surface area contributed by atoms with Gasteiger partial charge in [-0.15, -0.1) is 0 Å². The van der Waals surface area contributed by atoms with Gasteiger partial charge in [0.1, 0.15) is 11.5 Å². The summed E-state index contributed by atoms with van der Waals surface area (Å²) in [5.41, 5.74) is 4.97. The monoisotopic (exact) mass is 281 g/mol. The highest BCUT2D eigenvalue weighted by atomic mass is 16.5. The summed E-state index contributed by atoms with van der Waals surface area (Å²) in [5.74, 6) is 2.05. The topological polar surface area (TPSA) is 21.7 Å². The third-order valence-corrected chi connectivity index (χ3v) is 4.23. The number of benzene rings is 2. The normalized spacial score (nSPS) is 16.5. The summed E-state index contributed by atoms with van der Waals surface area (Å²) in [5, 5.41) is 0. The molecule has 108 valence electrons. The minimum absolute atomic E-state index is 0.607. The van der Waals surface area contributed by atoms with Crippen molar-refractivity contribution < 1.29 is 9.47 Å². The summed E-state index contributed by atoms with van der Waals surface area (Å²) >= 11 is 0. The zero-order valence-electron chi connectivity index (χ0n) is 12.3. The molecule has 3 nitrogen and oxygen atoms in total. The highest BCUT2D eigenvalue weighted by molar-refractivity contribution is 5.54. The largest absolute Gasteiger partial charge is 0.493 e. The molecule has 0 bridgehead atoms. The van der Waals surface area contributed by atoms with Gasteiger partial charge in [0.05, 0.1) is 6.61 Å². The molecule has 0 fully saturated rings. The number of hydrogen-bond donors (Lipinski definition) is 0. The average molecular weight is 281 g/mol. The van der Waals surface area contributed by atoms with Gasteiger partial charge in [-0.05, 0) is 49.6 Å². The summed E-state index contributed by atoms with van der Waals surface area (Å²) in [6.45, 7) is 4.41. The van der Waals surface area contributed by atoms with E-state index in [0.717, 1.165) is 37.5 Å². The Bertz CT molecular complexity index is 664. The van der Waals surface area contributed by atoms with Gasteiger partial charge >= 0.3 is 0 Å². The summed E-state index contributed by atoms with van der Waals surface area (Å²) in [4.78, 5) is 2.25. The lowest BCUT2D eigenvalue weighted by atomic mass is 10.0. The smallest absolute Gasteiger partial charge is 0.161 e. The first-order chi connectivity index (χ1) is 10.3. The lowest BCUT2D eigenvalue weighted by Gasteiger charge is -2.32. The minimum atomic E-state index is 0.607. The highest BCUT2D eigenvalue weighted by Gasteiger charge is 2.21. The van der Waals surface area contributed by atoms with Gasteiger partial charge < -0.3 is 14.4 Å². The van der Waals surface area contributed by atoms with Crippen LogP contribution in [0.2, 0.25) is 0 Å². The number of aryl methyl sites for hydroxylation is 2. The van der Waals surface area contributed by atoms with E-state index in [-0.39, 0.29) is 0 Å². The Morgan fingerprint density at radius 2 is 1.71 bits per heavy atom. The molecule has 2 aromatic rings. The maximum Gasteiger partial charge on any atom is 0.161 e. The van der Waals surface area contributed by atoms with Gasteiger partial charge in [0.25, 0.3) is 0 Å². The van der Waals surface area contributed by atoms with Crippen LogP contribution < -0.4 is 14.4 Å². The summed E-state index contributed by atoms with van der Waals surface area (Å²) in [6.07, 6.45) is 2.19. The molecule has 2 aliphatic rings. The van der Waals surface area contributed by atoms with Crippen LogP contribution in [0.3, 0.4) is 0 Å². The predicted molar refractivity (Wildman–Crippen MR) is 83.1 cm³/mol. The van der Waals surface area contributed by atoms with E-state index in [2.05, 4.69) is 48.2 Å². The minimum Gasteiger partial charge on any atom is -0.493 e. The van der Waals surface area contributed by atoms with Crippen LogP contribution in [-0.4, -0.2) is 13.3 Å². The quantitative estimate of drug-likeness (QED) is 0.796. The maximum absolute atomic E-state index is 5.96. The lowest BCUT2D eigenvalue weighted by Crippen LogP contribution is -2.32. The van der Waals surface area contributed by atoms with Crippen LogP contribution in [0, 0.1) is 6.92 Å². The van der Waals surface area contributed by atoms with Crippen LogP contribution in [-0.2, 0) is 13.0 Å². The number of ether oxygens (including phenoxy) is 2. The van der Waals surface area contributed by atoms with Gasteiger partial charge in [0, 0.05) is 17.8 Å². The molecule has 0 amide bonds. The molecule has 0 radical (unpaired) electrons. The number of fused-ring (bicyclic) bond motifs is 2. The van der Waals surface area contributed by atoms with Crippen molar-refractivity contribution in [3.05, 3.63) is 53.1 Å². The van der Waals surface area contributed by atoms with E-state index in [1.54, 1.807) is 0 Å². The van der Waals surface area contributed by atoms with E-state index in [4.69, 9.17) is 9.47 Å². The third kappa shape index (κ3) is 2.33. The van der Waals surface area contributed by atoms with Gasteiger partial charge in [-0.1, -0.05) is 17.7 Å². The first kappa shape index (κ1) is 12.6. The van der Waals surface area contributed by atoms with E-state index < -0.39 is 0 Å². The molecule has 0 saturated heterocycles. The Balaban J connectivity index is 1.63. The molecule has 21 heavy (non-hydrogen) atoms. The first-order valence-corrected chi connectivity index (χ1v) is 7.52. The second-order valence-corrected chi connectivity index (χ2v) is 5.83. The van der Waals surface area contributed by atoms with E-state index in [1.165, 1.54) is 22.4 Å². The fourth-order valence-electron chi connectivity index (χ4n) is 3.00. The Labute approximate surface area is 125 Å². The van der Waals surface area contributed by atoms with Gasteiger partial charge in [0.15, 0.2) is 6.73 Å². The maximum atomic E-state index is 5.96. The van der Waals surface area contributed by atoms with Crippen LogP contribution in [0.15, 0.2) is 36.4 Å². The van der Waals surface area contributed by atoms with Gasteiger partial charge in [-0.3, -0.25) is 0 Å². The standard InChI is InChI=1S/C18H19NO2/c1-13-4-6-16(7-5-13)19-11-15-10-17-14(3-2-8-20-17)9-18(15)21-12-19/h4-7,9-10H,2-3,8,11-12H2,1H3. The second kappa shape index (κ2) is 4.99. The van der Waals surface area contributed by atoms with Crippen molar-refractivity contribution in [2.45, 2.75) is 26.3 Å². The van der Waals surface area contributed by atoms with Crippen LogP contribution in [0.25, 0.3) is 0 Å². The number of hydrogen-bond acceptors (Lipinski definition) is 3. The molecule has 0 aromatic heterocycles.